The zero-order valence-electron chi connectivity index (χ0n) is 16.4. The van der Waals surface area contributed by atoms with Gasteiger partial charge < -0.3 is 29.9 Å². The van der Waals surface area contributed by atoms with Gasteiger partial charge in [0.2, 0.25) is 0 Å². The Kier molecular flexibility index (Phi) is 10.8. The van der Waals surface area contributed by atoms with Crippen LogP contribution in [0.25, 0.3) is 0 Å². The van der Waals surface area contributed by atoms with Gasteiger partial charge in [-0.2, -0.15) is 0 Å². The molecule has 1 aliphatic rings. The molecule has 0 aliphatic carbocycles. The van der Waals surface area contributed by atoms with E-state index in [0.717, 1.165) is 36.8 Å². The summed E-state index contributed by atoms with van der Waals surface area (Å²) in [6, 6.07) is 0. The van der Waals surface area contributed by atoms with Crippen molar-refractivity contribution in [3.8, 4) is 0 Å². The fraction of sp³-hybridized carbons (Fsp3) is 0.619. The lowest BCUT2D eigenvalue weighted by Crippen LogP contribution is -2.59. The molecule has 1 heterocycles. The normalized spacial score (nSPS) is 29.6. The zero-order chi connectivity index (χ0) is 20.4. The molecule has 0 aromatic heterocycles. The Bertz CT molecular complexity index is 537. The lowest BCUT2D eigenvalue weighted by molar-refractivity contribution is -0.299. The molecule has 0 aromatic carbocycles. The predicted octanol–water partition coefficient (Wildman–Crippen LogP) is 2.00. The van der Waals surface area contributed by atoms with Crippen LogP contribution in [0.2, 0.25) is 0 Å². The molecular weight excluding hydrogens is 348 g/mol. The molecule has 1 saturated heterocycles. The van der Waals surface area contributed by atoms with Gasteiger partial charge in [0.25, 0.3) is 0 Å². The van der Waals surface area contributed by atoms with Crippen molar-refractivity contribution in [2.75, 3.05) is 13.2 Å². The van der Waals surface area contributed by atoms with Crippen molar-refractivity contribution in [1.29, 1.82) is 0 Å². The highest BCUT2D eigenvalue weighted by Crippen LogP contribution is 2.22. The Labute approximate surface area is 162 Å². The molecule has 1 rings (SSSR count). The van der Waals surface area contributed by atoms with E-state index in [0.29, 0.717) is 0 Å². The van der Waals surface area contributed by atoms with Gasteiger partial charge in [-0.15, -0.1) is 0 Å². The molecular formula is C21H34O6. The summed E-state index contributed by atoms with van der Waals surface area (Å²) in [5, 5.41) is 38.6. The summed E-state index contributed by atoms with van der Waals surface area (Å²) in [5.41, 5.74) is 3.32. The molecule has 1 unspecified atom stereocenters. The van der Waals surface area contributed by atoms with Crippen LogP contribution < -0.4 is 0 Å². The summed E-state index contributed by atoms with van der Waals surface area (Å²) in [7, 11) is 0. The van der Waals surface area contributed by atoms with Crippen molar-refractivity contribution in [3.05, 3.63) is 48.1 Å². The topological polar surface area (TPSA) is 99.4 Å². The maximum atomic E-state index is 9.94. The molecule has 0 aromatic rings. The van der Waals surface area contributed by atoms with Gasteiger partial charge in [-0.05, 0) is 39.5 Å². The standard InChI is InChI=1S/C21H34O6/c1-5-14(2)8-6-9-15(3)10-7-11-16(4)13-26-21-20(25)19(24)18(23)17(12-22)27-21/h5,9,11,17-25H,1-2,6-8,10,12-13H2,3-4H3/t17-,18-,19+,20-,21?/m1/s1. The van der Waals surface area contributed by atoms with Gasteiger partial charge in [0.05, 0.1) is 13.2 Å². The van der Waals surface area contributed by atoms with Crippen LogP contribution in [-0.4, -0.2) is 64.3 Å². The number of aliphatic hydroxyl groups is 4. The van der Waals surface area contributed by atoms with Crippen molar-refractivity contribution >= 4 is 0 Å². The van der Waals surface area contributed by atoms with Crippen LogP contribution in [0.15, 0.2) is 48.1 Å². The predicted molar refractivity (Wildman–Crippen MR) is 105 cm³/mol. The average molecular weight is 382 g/mol. The lowest BCUT2D eigenvalue weighted by atomic mass is 9.99. The number of allylic oxidation sites excluding steroid dienone is 5. The SMILES string of the molecule is C=CC(=C)CCC=C(C)CCC=C(C)COC1O[C@H](CO)[C@@H](O)[C@H](O)[C@H]1O. The van der Waals surface area contributed by atoms with Gasteiger partial charge in [0.1, 0.15) is 24.4 Å². The van der Waals surface area contributed by atoms with Crippen LogP contribution in [0.3, 0.4) is 0 Å². The largest absolute Gasteiger partial charge is 0.394 e. The van der Waals surface area contributed by atoms with Gasteiger partial charge in [-0.25, -0.2) is 0 Å². The molecule has 1 aliphatic heterocycles. The number of hydrogen-bond acceptors (Lipinski definition) is 6. The van der Waals surface area contributed by atoms with Crippen molar-refractivity contribution in [1.82, 2.24) is 0 Å². The highest BCUT2D eigenvalue weighted by atomic mass is 16.7. The Hall–Kier alpha value is -1.28. The molecule has 0 bridgehead atoms. The number of ether oxygens (including phenoxy) is 2. The number of rotatable bonds is 11. The fourth-order valence-electron chi connectivity index (χ4n) is 2.73. The van der Waals surface area contributed by atoms with Crippen LogP contribution in [0, 0.1) is 0 Å². The van der Waals surface area contributed by atoms with E-state index < -0.39 is 37.3 Å². The highest BCUT2D eigenvalue weighted by molar-refractivity contribution is 5.12. The number of hydrogen-bond donors (Lipinski definition) is 4. The van der Waals surface area contributed by atoms with Gasteiger partial charge in [-0.3, -0.25) is 0 Å². The van der Waals surface area contributed by atoms with Crippen molar-refractivity contribution in [3.63, 3.8) is 0 Å². The molecule has 0 spiro atoms. The van der Waals surface area contributed by atoms with E-state index in [9.17, 15) is 20.4 Å². The van der Waals surface area contributed by atoms with Gasteiger partial charge in [0, 0.05) is 0 Å². The Balaban J connectivity index is 2.38. The van der Waals surface area contributed by atoms with Crippen LogP contribution in [0.5, 0.6) is 0 Å². The summed E-state index contributed by atoms with van der Waals surface area (Å²) in [6.45, 7) is 11.4. The Morgan fingerprint density at radius 1 is 1.00 bits per heavy atom. The van der Waals surface area contributed by atoms with E-state index in [1.165, 1.54) is 5.57 Å². The summed E-state index contributed by atoms with van der Waals surface area (Å²) in [6.07, 6.45) is 3.53. The summed E-state index contributed by atoms with van der Waals surface area (Å²) in [5.74, 6) is 0. The maximum absolute atomic E-state index is 9.94. The third-order valence-electron chi connectivity index (χ3n) is 4.60. The van der Waals surface area contributed by atoms with E-state index in [-0.39, 0.29) is 6.61 Å². The van der Waals surface area contributed by atoms with Crippen molar-refractivity contribution in [2.24, 2.45) is 0 Å². The van der Waals surface area contributed by atoms with Crippen LogP contribution in [-0.2, 0) is 9.47 Å². The van der Waals surface area contributed by atoms with Crippen LogP contribution >= 0.6 is 0 Å². The van der Waals surface area contributed by atoms with Gasteiger partial charge in [0.15, 0.2) is 6.29 Å². The second-order valence-corrected chi connectivity index (χ2v) is 7.05. The van der Waals surface area contributed by atoms with Gasteiger partial charge in [-0.1, -0.05) is 48.1 Å². The maximum Gasteiger partial charge on any atom is 0.187 e. The van der Waals surface area contributed by atoms with E-state index in [1.54, 1.807) is 6.08 Å². The summed E-state index contributed by atoms with van der Waals surface area (Å²) < 4.78 is 10.8. The minimum atomic E-state index is -1.42. The third-order valence-corrected chi connectivity index (χ3v) is 4.60. The average Bonchev–Trinajstić information content (AvgIpc) is 2.65. The second kappa shape index (κ2) is 12.2. The molecule has 1 fully saturated rings. The summed E-state index contributed by atoms with van der Waals surface area (Å²) in [4.78, 5) is 0. The zero-order valence-corrected chi connectivity index (χ0v) is 16.4. The Morgan fingerprint density at radius 2 is 1.63 bits per heavy atom. The van der Waals surface area contributed by atoms with Crippen LogP contribution in [0.1, 0.15) is 39.5 Å². The van der Waals surface area contributed by atoms with Gasteiger partial charge >= 0.3 is 0 Å². The highest BCUT2D eigenvalue weighted by Gasteiger charge is 2.43. The first-order valence-corrected chi connectivity index (χ1v) is 9.33. The molecule has 0 amide bonds. The molecule has 6 nitrogen and oxygen atoms in total. The van der Waals surface area contributed by atoms with Crippen molar-refractivity contribution in [2.45, 2.75) is 70.2 Å². The molecule has 6 heteroatoms. The molecule has 0 radical (unpaired) electrons. The van der Waals surface area contributed by atoms with Crippen LogP contribution in [0.4, 0.5) is 0 Å². The quantitative estimate of drug-likeness (QED) is 0.322. The monoisotopic (exact) mass is 382 g/mol. The molecule has 27 heavy (non-hydrogen) atoms. The lowest BCUT2D eigenvalue weighted by Gasteiger charge is -2.39. The molecule has 4 N–H and O–H groups in total. The number of aliphatic hydroxyl groups excluding tert-OH is 4. The first kappa shape index (κ1) is 23.8. The third kappa shape index (κ3) is 8.09. The molecule has 0 saturated carbocycles. The minimum absolute atomic E-state index is 0.227. The van der Waals surface area contributed by atoms with Crippen molar-refractivity contribution < 1.29 is 29.9 Å². The van der Waals surface area contributed by atoms with E-state index in [4.69, 9.17) is 9.47 Å². The Morgan fingerprint density at radius 3 is 2.26 bits per heavy atom. The minimum Gasteiger partial charge on any atom is -0.394 e. The second-order valence-electron chi connectivity index (χ2n) is 7.05. The van der Waals surface area contributed by atoms with E-state index >= 15 is 0 Å². The molecule has 154 valence electrons. The fourth-order valence-corrected chi connectivity index (χ4v) is 2.73. The summed E-state index contributed by atoms with van der Waals surface area (Å²) >= 11 is 0. The first-order valence-electron chi connectivity index (χ1n) is 9.33. The smallest absolute Gasteiger partial charge is 0.187 e. The molecule has 5 atom stereocenters. The van der Waals surface area contributed by atoms with E-state index in [2.05, 4.69) is 32.2 Å². The van der Waals surface area contributed by atoms with E-state index in [1.807, 2.05) is 6.92 Å². The first-order chi connectivity index (χ1) is 12.8.